The van der Waals surface area contributed by atoms with E-state index in [-0.39, 0.29) is 11.1 Å². The maximum atomic E-state index is 12.3. The number of nitrogens with one attached hydrogen (secondary N) is 1. The van der Waals surface area contributed by atoms with Crippen molar-refractivity contribution in [1.29, 1.82) is 0 Å². The van der Waals surface area contributed by atoms with E-state index in [2.05, 4.69) is 15.2 Å². The average molecular weight is 282 g/mol. The van der Waals surface area contributed by atoms with Gasteiger partial charge in [0, 0.05) is 44.7 Å². The third-order valence-electron chi connectivity index (χ3n) is 3.03. The number of rotatable bonds is 7. The van der Waals surface area contributed by atoms with E-state index in [0.29, 0.717) is 19.0 Å². The quantitative estimate of drug-likeness (QED) is 0.808. The molecule has 0 amide bonds. The first-order chi connectivity index (χ1) is 9.36. The number of anilines is 1. The maximum Gasteiger partial charge on any atom is 0.293 e. The molecule has 0 fully saturated rings. The molecule has 0 aliphatic heterocycles. The van der Waals surface area contributed by atoms with Crippen molar-refractivity contribution in [2.45, 2.75) is 26.3 Å². The van der Waals surface area contributed by atoms with Crippen molar-refractivity contribution in [3.05, 3.63) is 22.7 Å². The minimum atomic E-state index is -0.244. The molecule has 0 aliphatic rings. The van der Waals surface area contributed by atoms with Crippen LogP contribution in [0.4, 0.5) is 5.82 Å². The van der Waals surface area contributed by atoms with Gasteiger partial charge in [-0.25, -0.2) is 4.98 Å². The van der Waals surface area contributed by atoms with Crippen LogP contribution in [0.1, 0.15) is 20.8 Å². The van der Waals surface area contributed by atoms with Crippen LogP contribution in [0.25, 0.3) is 0 Å². The zero-order valence-electron chi connectivity index (χ0n) is 13.1. The molecule has 0 aliphatic carbocycles. The summed E-state index contributed by atoms with van der Waals surface area (Å²) in [6, 6.07) is 0. The number of hydrogen-bond acceptors (Lipinski definition) is 5. The molecule has 114 valence electrons. The summed E-state index contributed by atoms with van der Waals surface area (Å²) in [5, 5.41) is 3.11. The molecule has 1 aromatic rings. The van der Waals surface area contributed by atoms with Gasteiger partial charge in [-0.05, 0) is 27.8 Å². The van der Waals surface area contributed by atoms with Crippen molar-refractivity contribution < 1.29 is 4.74 Å². The lowest BCUT2D eigenvalue weighted by molar-refractivity contribution is 0.163. The van der Waals surface area contributed by atoms with Crippen LogP contribution in [0.15, 0.2) is 17.2 Å². The molecule has 0 saturated carbocycles. The molecule has 0 atom stereocenters. The first kappa shape index (κ1) is 16.7. The lowest BCUT2D eigenvalue weighted by atomic mass is 10.1. The second kappa shape index (κ2) is 7.40. The van der Waals surface area contributed by atoms with E-state index in [4.69, 9.17) is 4.74 Å². The first-order valence-corrected chi connectivity index (χ1v) is 6.85. The van der Waals surface area contributed by atoms with Crippen LogP contribution >= 0.6 is 0 Å². The van der Waals surface area contributed by atoms with E-state index in [1.165, 1.54) is 0 Å². The molecule has 6 heteroatoms. The molecular weight excluding hydrogens is 256 g/mol. The van der Waals surface area contributed by atoms with Gasteiger partial charge in [0.1, 0.15) is 0 Å². The third-order valence-corrected chi connectivity index (χ3v) is 3.03. The van der Waals surface area contributed by atoms with Crippen LogP contribution in [0.3, 0.4) is 0 Å². The van der Waals surface area contributed by atoms with Crippen molar-refractivity contribution in [2.24, 2.45) is 0 Å². The van der Waals surface area contributed by atoms with Gasteiger partial charge in [-0.1, -0.05) is 0 Å². The van der Waals surface area contributed by atoms with Gasteiger partial charge in [-0.2, -0.15) is 0 Å². The van der Waals surface area contributed by atoms with Gasteiger partial charge in [0.2, 0.25) is 0 Å². The monoisotopic (exact) mass is 282 g/mol. The van der Waals surface area contributed by atoms with Crippen LogP contribution in [0.2, 0.25) is 0 Å². The zero-order valence-corrected chi connectivity index (χ0v) is 13.1. The molecule has 0 bridgehead atoms. The highest BCUT2D eigenvalue weighted by Crippen LogP contribution is 2.10. The molecule has 1 aromatic heterocycles. The van der Waals surface area contributed by atoms with Gasteiger partial charge in [0.05, 0.1) is 6.61 Å². The number of methoxy groups -OCH3 is 1. The molecule has 0 radical (unpaired) electrons. The van der Waals surface area contributed by atoms with Crippen molar-refractivity contribution in [1.82, 2.24) is 14.5 Å². The smallest absolute Gasteiger partial charge is 0.293 e. The Morgan fingerprint density at radius 3 is 2.70 bits per heavy atom. The number of ether oxygens (including phenoxy) is 1. The van der Waals surface area contributed by atoms with Crippen LogP contribution < -0.4 is 10.9 Å². The predicted molar refractivity (Wildman–Crippen MR) is 81.4 cm³/mol. The molecular formula is C14H26N4O2. The van der Waals surface area contributed by atoms with Crippen molar-refractivity contribution in [2.75, 3.05) is 45.7 Å². The van der Waals surface area contributed by atoms with Gasteiger partial charge in [-0.15, -0.1) is 0 Å². The molecule has 0 spiro atoms. The minimum absolute atomic E-state index is 0.0838. The lowest BCUT2D eigenvalue weighted by Crippen LogP contribution is -2.36. The molecule has 0 unspecified atom stereocenters. The van der Waals surface area contributed by atoms with E-state index in [0.717, 1.165) is 13.1 Å². The van der Waals surface area contributed by atoms with Gasteiger partial charge in [0.15, 0.2) is 5.82 Å². The van der Waals surface area contributed by atoms with E-state index in [9.17, 15) is 4.79 Å². The summed E-state index contributed by atoms with van der Waals surface area (Å²) in [4.78, 5) is 18.5. The Balaban J connectivity index is 2.59. The number of nitrogens with zero attached hydrogens (tertiary/aromatic N) is 3. The summed E-state index contributed by atoms with van der Waals surface area (Å²) in [6.45, 7) is 9.07. The number of aromatic nitrogens is 2. The molecule has 6 nitrogen and oxygen atoms in total. The van der Waals surface area contributed by atoms with E-state index in [1.807, 2.05) is 27.8 Å². The first-order valence-electron chi connectivity index (χ1n) is 6.85. The highest BCUT2D eigenvalue weighted by atomic mass is 16.5. The van der Waals surface area contributed by atoms with E-state index in [1.54, 1.807) is 24.1 Å². The summed E-state index contributed by atoms with van der Waals surface area (Å²) in [6.07, 6.45) is 3.38. The van der Waals surface area contributed by atoms with Gasteiger partial charge in [-0.3, -0.25) is 4.79 Å². The highest BCUT2D eigenvalue weighted by molar-refractivity contribution is 5.31. The molecule has 0 aromatic carbocycles. The molecule has 0 saturated heterocycles. The second-order valence-corrected chi connectivity index (χ2v) is 5.84. The fourth-order valence-corrected chi connectivity index (χ4v) is 1.79. The van der Waals surface area contributed by atoms with Crippen LogP contribution in [0.5, 0.6) is 0 Å². The Kier molecular flexibility index (Phi) is 6.16. The Hall–Kier alpha value is -1.40. The van der Waals surface area contributed by atoms with Crippen LogP contribution in [0, 0.1) is 0 Å². The number of likely N-dealkylation sites (N-methyl/N-ethyl adjacent to an activating group) is 1. The Bertz CT molecular complexity index is 465. The Labute approximate surface area is 120 Å². The molecule has 1 heterocycles. The van der Waals surface area contributed by atoms with E-state index < -0.39 is 0 Å². The maximum absolute atomic E-state index is 12.3. The fraction of sp³-hybridized carbons (Fsp3) is 0.714. The molecule has 20 heavy (non-hydrogen) atoms. The highest BCUT2D eigenvalue weighted by Gasteiger charge is 2.16. The SMILES string of the molecule is COCCN(C)CCNc1nccn(C(C)(C)C)c1=O. The normalized spacial score (nSPS) is 11.9. The summed E-state index contributed by atoms with van der Waals surface area (Å²) >= 11 is 0. The predicted octanol–water partition coefficient (Wildman–Crippen LogP) is 0.988. The topological polar surface area (TPSA) is 59.4 Å². The summed E-state index contributed by atoms with van der Waals surface area (Å²) in [5.41, 5.74) is -0.328. The van der Waals surface area contributed by atoms with Gasteiger partial charge < -0.3 is 19.5 Å². The third kappa shape index (κ3) is 4.94. The standard InChI is InChI=1S/C14H26N4O2/c1-14(2,3)18-9-7-16-12(13(18)19)15-6-8-17(4)10-11-20-5/h7,9H,6,8,10-11H2,1-5H3,(H,15,16). The fourth-order valence-electron chi connectivity index (χ4n) is 1.79. The van der Waals surface area contributed by atoms with Gasteiger partial charge >= 0.3 is 0 Å². The summed E-state index contributed by atoms with van der Waals surface area (Å²) in [5.74, 6) is 0.405. The van der Waals surface area contributed by atoms with Crippen molar-refractivity contribution in [3.63, 3.8) is 0 Å². The summed E-state index contributed by atoms with van der Waals surface area (Å²) in [7, 11) is 3.71. The molecule has 1 rings (SSSR count). The van der Waals surface area contributed by atoms with Crippen LogP contribution in [-0.4, -0.2) is 54.8 Å². The van der Waals surface area contributed by atoms with Crippen molar-refractivity contribution >= 4 is 5.82 Å². The minimum Gasteiger partial charge on any atom is -0.383 e. The second-order valence-electron chi connectivity index (χ2n) is 5.84. The average Bonchev–Trinajstić information content (AvgIpc) is 2.37. The lowest BCUT2D eigenvalue weighted by Gasteiger charge is -2.22. The number of hydrogen-bond donors (Lipinski definition) is 1. The van der Waals surface area contributed by atoms with Gasteiger partial charge in [0.25, 0.3) is 5.56 Å². The van der Waals surface area contributed by atoms with Crippen LogP contribution in [-0.2, 0) is 10.3 Å². The zero-order chi connectivity index (χ0) is 15.2. The van der Waals surface area contributed by atoms with E-state index >= 15 is 0 Å². The Morgan fingerprint density at radius 1 is 1.40 bits per heavy atom. The Morgan fingerprint density at radius 2 is 2.10 bits per heavy atom. The molecule has 1 N–H and O–H groups in total. The summed E-state index contributed by atoms with van der Waals surface area (Å²) < 4.78 is 6.71. The van der Waals surface area contributed by atoms with Crippen molar-refractivity contribution in [3.8, 4) is 0 Å². The largest absolute Gasteiger partial charge is 0.383 e.